The van der Waals surface area contributed by atoms with Crippen LogP contribution in [0.2, 0.25) is 0 Å². The SMILES string of the molecule is CCCn1c(=O)c(C(N)=O)cc2ccccc21. The van der Waals surface area contributed by atoms with Crippen molar-refractivity contribution in [1.29, 1.82) is 0 Å². The van der Waals surface area contributed by atoms with Gasteiger partial charge in [-0.3, -0.25) is 9.59 Å². The Morgan fingerprint density at radius 1 is 1.35 bits per heavy atom. The minimum Gasteiger partial charge on any atom is -0.365 e. The average molecular weight is 230 g/mol. The molecule has 0 atom stereocenters. The molecule has 0 fully saturated rings. The Labute approximate surface area is 98.7 Å². The molecule has 1 aromatic heterocycles. The molecule has 0 radical (unpaired) electrons. The van der Waals surface area contributed by atoms with Gasteiger partial charge >= 0.3 is 0 Å². The highest BCUT2D eigenvalue weighted by Crippen LogP contribution is 2.13. The Kier molecular flexibility index (Phi) is 2.95. The molecule has 1 amide bonds. The van der Waals surface area contributed by atoms with Gasteiger partial charge < -0.3 is 10.3 Å². The lowest BCUT2D eigenvalue weighted by molar-refractivity contribution is 0.0998. The molecule has 2 N–H and O–H groups in total. The van der Waals surface area contributed by atoms with Crippen LogP contribution in [-0.4, -0.2) is 10.5 Å². The Bertz CT molecular complexity index is 629. The molecule has 1 aromatic carbocycles. The van der Waals surface area contributed by atoms with E-state index in [1.165, 1.54) is 0 Å². The summed E-state index contributed by atoms with van der Waals surface area (Å²) < 4.78 is 1.61. The number of aryl methyl sites for hydroxylation is 1. The maximum atomic E-state index is 12.1. The van der Waals surface area contributed by atoms with Gasteiger partial charge in [-0.15, -0.1) is 0 Å². The van der Waals surface area contributed by atoms with Crippen molar-refractivity contribution in [1.82, 2.24) is 4.57 Å². The third kappa shape index (κ3) is 1.93. The molecule has 4 heteroatoms. The van der Waals surface area contributed by atoms with Gasteiger partial charge in [0.05, 0.1) is 5.52 Å². The molecule has 0 bridgehead atoms. The molecule has 0 saturated heterocycles. The van der Waals surface area contributed by atoms with Crippen molar-refractivity contribution < 1.29 is 4.79 Å². The molecule has 0 aliphatic heterocycles. The van der Waals surface area contributed by atoms with E-state index < -0.39 is 5.91 Å². The van der Waals surface area contributed by atoms with E-state index in [4.69, 9.17) is 5.73 Å². The Balaban J connectivity index is 2.85. The van der Waals surface area contributed by atoms with Gasteiger partial charge in [-0.05, 0) is 23.9 Å². The van der Waals surface area contributed by atoms with Crippen molar-refractivity contribution in [2.24, 2.45) is 5.73 Å². The molecule has 17 heavy (non-hydrogen) atoms. The van der Waals surface area contributed by atoms with Crippen molar-refractivity contribution >= 4 is 16.8 Å². The molecular formula is C13H14N2O2. The lowest BCUT2D eigenvalue weighted by Crippen LogP contribution is -2.29. The van der Waals surface area contributed by atoms with Gasteiger partial charge in [0.1, 0.15) is 5.56 Å². The number of nitrogens with two attached hydrogens (primary N) is 1. The zero-order valence-corrected chi connectivity index (χ0v) is 9.64. The normalized spacial score (nSPS) is 10.6. The zero-order chi connectivity index (χ0) is 12.4. The fourth-order valence-electron chi connectivity index (χ4n) is 1.95. The number of benzene rings is 1. The van der Waals surface area contributed by atoms with E-state index in [0.717, 1.165) is 17.3 Å². The first kappa shape index (κ1) is 11.4. The molecule has 0 aliphatic rings. The zero-order valence-electron chi connectivity index (χ0n) is 9.64. The van der Waals surface area contributed by atoms with Crippen LogP contribution in [0.3, 0.4) is 0 Å². The highest BCUT2D eigenvalue weighted by Gasteiger charge is 2.12. The molecular weight excluding hydrogens is 216 g/mol. The molecule has 1 heterocycles. The number of carbonyl (C=O) groups excluding carboxylic acids is 1. The van der Waals surface area contributed by atoms with E-state index in [1.54, 1.807) is 10.6 Å². The highest BCUT2D eigenvalue weighted by molar-refractivity contribution is 5.96. The van der Waals surface area contributed by atoms with Gasteiger partial charge in [0.15, 0.2) is 0 Å². The van der Waals surface area contributed by atoms with Crippen LogP contribution in [0.5, 0.6) is 0 Å². The van der Waals surface area contributed by atoms with Crippen molar-refractivity contribution in [2.45, 2.75) is 19.9 Å². The van der Waals surface area contributed by atoms with Crippen LogP contribution in [0.25, 0.3) is 10.9 Å². The summed E-state index contributed by atoms with van der Waals surface area (Å²) in [6.45, 7) is 2.57. The maximum absolute atomic E-state index is 12.1. The number of pyridine rings is 1. The smallest absolute Gasteiger partial charge is 0.263 e. The van der Waals surface area contributed by atoms with Gasteiger partial charge in [0.25, 0.3) is 11.5 Å². The number of carbonyl (C=O) groups is 1. The number of amides is 1. The predicted octanol–water partition coefficient (Wildman–Crippen LogP) is 1.51. The summed E-state index contributed by atoms with van der Waals surface area (Å²) >= 11 is 0. The van der Waals surface area contributed by atoms with E-state index in [9.17, 15) is 9.59 Å². The Morgan fingerprint density at radius 3 is 2.71 bits per heavy atom. The third-order valence-electron chi connectivity index (χ3n) is 2.72. The highest BCUT2D eigenvalue weighted by atomic mass is 16.2. The second kappa shape index (κ2) is 4.41. The van der Waals surface area contributed by atoms with E-state index in [2.05, 4.69) is 0 Å². The average Bonchev–Trinajstić information content (AvgIpc) is 2.32. The number of para-hydroxylation sites is 1. The summed E-state index contributed by atoms with van der Waals surface area (Å²) in [4.78, 5) is 23.3. The van der Waals surface area contributed by atoms with Crippen LogP contribution >= 0.6 is 0 Å². The van der Waals surface area contributed by atoms with E-state index in [0.29, 0.717) is 6.54 Å². The predicted molar refractivity (Wildman–Crippen MR) is 67.0 cm³/mol. The number of rotatable bonds is 3. The molecule has 2 rings (SSSR count). The Hall–Kier alpha value is -2.10. The Morgan fingerprint density at radius 2 is 2.06 bits per heavy atom. The minimum absolute atomic E-state index is 0.0529. The number of nitrogens with zero attached hydrogens (tertiary/aromatic N) is 1. The maximum Gasteiger partial charge on any atom is 0.263 e. The fourth-order valence-corrected chi connectivity index (χ4v) is 1.95. The summed E-state index contributed by atoms with van der Waals surface area (Å²) in [6, 6.07) is 9.04. The molecule has 2 aromatic rings. The third-order valence-corrected chi connectivity index (χ3v) is 2.72. The topological polar surface area (TPSA) is 65.1 Å². The van der Waals surface area contributed by atoms with Crippen LogP contribution < -0.4 is 11.3 Å². The minimum atomic E-state index is -0.675. The largest absolute Gasteiger partial charge is 0.365 e. The lowest BCUT2D eigenvalue weighted by atomic mass is 10.1. The van der Waals surface area contributed by atoms with Crippen LogP contribution in [0.4, 0.5) is 0 Å². The first-order valence-electron chi connectivity index (χ1n) is 5.57. The van der Waals surface area contributed by atoms with Crippen molar-refractivity contribution in [3.8, 4) is 0 Å². The van der Waals surface area contributed by atoms with Crippen molar-refractivity contribution in [2.75, 3.05) is 0 Å². The summed E-state index contributed by atoms with van der Waals surface area (Å²) in [7, 11) is 0. The summed E-state index contributed by atoms with van der Waals surface area (Å²) in [5.74, 6) is -0.675. The van der Waals surface area contributed by atoms with Crippen LogP contribution in [0, 0.1) is 0 Å². The first-order chi connectivity index (χ1) is 8.15. The van der Waals surface area contributed by atoms with E-state index >= 15 is 0 Å². The molecule has 0 spiro atoms. The molecule has 0 unspecified atom stereocenters. The second-order valence-corrected chi connectivity index (χ2v) is 3.94. The molecule has 0 aliphatic carbocycles. The number of fused-ring (bicyclic) bond motifs is 1. The number of hydrogen-bond acceptors (Lipinski definition) is 2. The van der Waals surface area contributed by atoms with Gasteiger partial charge in [0.2, 0.25) is 0 Å². The van der Waals surface area contributed by atoms with Gasteiger partial charge in [-0.25, -0.2) is 0 Å². The van der Waals surface area contributed by atoms with Crippen LogP contribution in [-0.2, 0) is 6.54 Å². The first-order valence-corrected chi connectivity index (χ1v) is 5.57. The van der Waals surface area contributed by atoms with E-state index in [1.807, 2.05) is 31.2 Å². The molecule has 0 saturated carbocycles. The summed E-state index contributed by atoms with van der Waals surface area (Å²) in [5, 5.41) is 0.856. The molecule has 88 valence electrons. The van der Waals surface area contributed by atoms with Crippen molar-refractivity contribution in [3.63, 3.8) is 0 Å². The fraction of sp³-hybridized carbons (Fsp3) is 0.231. The van der Waals surface area contributed by atoms with E-state index in [-0.39, 0.29) is 11.1 Å². The standard InChI is InChI=1S/C13H14N2O2/c1-2-7-15-11-6-4-3-5-9(11)8-10(12(14)16)13(15)17/h3-6,8H,2,7H2,1H3,(H2,14,16). The summed E-state index contributed by atoms with van der Waals surface area (Å²) in [6.07, 6.45) is 0.826. The van der Waals surface area contributed by atoms with Crippen molar-refractivity contribution in [3.05, 3.63) is 46.2 Å². The number of primary amides is 1. The number of aromatic nitrogens is 1. The van der Waals surface area contributed by atoms with Gasteiger partial charge in [0, 0.05) is 6.54 Å². The van der Waals surface area contributed by atoms with Crippen LogP contribution in [0.15, 0.2) is 35.1 Å². The number of hydrogen-bond donors (Lipinski definition) is 1. The van der Waals surface area contributed by atoms with Gasteiger partial charge in [-0.2, -0.15) is 0 Å². The second-order valence-electron chi connectivity index (χ2n) is 3.94. The summed E-state index contributed by atoms with van der Waals surface area (Å²) in [5.41, 5.74) is 5.80. The monoisotopic (exact) mass is 230 g/mol. The lowest BCUT2D eigenvalue weighted by Gasteiger charge is -2.10. The quantitative estimate of drug-likeness (QED) is 0.868. The van der Waals surface area contributed by atoms with Gasteiger partial charge in [-0.1, -0.05) is 25.1 Å². The molecule has 4 nitrogen and oxygen atoms in total. The van der Waals surface area contributed by atoms with Crippen LogP contribution in [0.1, 0.15) is 23.7 Å².